The lowest BCUT2D eigenvalue weighted by atomic mass is 10.1. The Hall–Kier alpha value is -1.91. The maximum atomic E-state index is 12.6. The first kappa shape index (κ1) is 18.4. The van der Waals surface area contributed by atoms with E-state index in [9.17, 15) is 4.79 Å². The van der Waals surface area contributed by atoms with Crippen molar-refractivity contribution >= 4 is 34.8 Å². The number of rotatable bonds is 6. The van der Waals surface area contributed by atoms with Crippen molar-refractivity contribution in [2.45, 2.75) is 20.8 Å². The third-order valence-corrected chi connectivity index (χ3v) is 3.92. The molecule has 1 amide bonds. The summed E-state index contributed by atoms with van der Waals surface area (Å²) in [6, 6.07) is 8.59. The van der Waals surface area contributed by atoms with Crippen molar-refractivity contribution in [3.63, 3.8) is 0 Å². The van der Waals surface area contributed by atoms with E-state index in [4.69, 9.17) is 32.7 Å². The predicted octanol–water partition coefficient (Wildman–Crippen LogP) is 5.35. The number of hydrogen-bond donors (Lipinski definition) is 1. The van der Waals surface area contributed by atoms with E-state index in [-0.39, 0.29) is 5.91 Å². The van der Waals surface area contributed by atoms with Gasteiger partial charge in [0, 0.05) is 5.56 Å². The van der Waals surface area contributed by atoms with Crippen LogP contribution in [0.3, 0.4) is 0 Å². The molecule has 4 nitrogen and oxygen atoms in total. The van der Waals surface area contributed by atoms with Crippen LogP contribution in [0, 0.1) is 6.92 Å². The van der Waals surface area contributed by atoms with Gasteiger partial charge in [-0.15, -0.1) is 0 Å². The fourth-order valence-corrected chi connectivity index (χ4v) is 2.76. The van der Waals surface area contributed by atoms with Crippen molar-refractivity contribution < 1.29 is 14.3 Å². The molecule has 0 saturated carbocycles. The van der Waals surface area contributed by atoms with Crippen molar-refractivity contribution in [2.75, 3.05) is 18.5 Å². The second kappa shape index (κ2) is 8.27. The Balaban J connectivity index is 2.36. The molecule has 0 heterocycles. The third kappa shape index (κ3) is 4.13. The van der Waals surface area contributed by atoms with Gasteiger partial charge in [0.05, 0.1) is 28.9 Å². The van der Waals surface area contributed by atoms with Crippen molar-refractivity contribution in [2.24, 2.45) is 0 Å². The zero-order valence-electron chi connectivity index (χ0n) is 13.8. The van der Waals surface area contributed by atoms with Gasteiger partial charge in [0.1, 0.15) is 0 Å². The molecule has 128 valence electrons. The summed E-state index contributed by atoms with van der Waals surface area (Å²) < 4.78 is 11.0. The van der Waals surface area contributed by atoms with E-state index in [0.29, 0.717) is 46.0 Å². The van der Waals surface area contributed by atoms with Crippen LogP contribution in [-0.2, 0) is 0 Å². The lowest BCUT2D eigenvalue weighted by Gasteiger charge is -2.15. The number of benzene rings is 2. The number of aryl methyl sites for hydroxylation is 1. The molecular weight excluding hydrogens is 349 g/mol. The van der Waals surface area contributed by atoms with E-state index in [1.165, 1.54) is 0 Å². The lowest BCUT2D eigenvalue weighted by molar-refractivity contribution is 0.102. The Kier molecular flexibility index (Phi) is 6.35. The number of nitrogens with one attached hydrogen (secondary N) is 1. The minimum Gasteiger partial charge on any atom is -0.490 e. The Morgan fingerprint density at radius 1 is 1.08 bits per heavy atom. The van der Waals surface area contributed by atoms with Crippen LogP contribution in [-0.4, -0.2) is 19.1 Å². The Labute approximate surface area is 151 Å². The van der Waals surface area contributed by atoms with Crippen molar-refractivity contribution in [1.82, 2.24) is 0 Å². The first-order valence-electron chi connectivity index (χ1n) is 7.63. The molecule has 0 aliphatic heterocycles. The van der Waals surface area contributed by atoms with Crippen molar-refractivity contribution in [3.05, 3.63) is 51.5 Å². The molecule has 0 spiro atoms. The molecule has 0 fully saturated rings. The molecule has 0 aromatic heterocycles. The number of carbonyl (C=O) groups is 1. The highest BCUT2D eigenvalue weighted by atomic mass is 35.5. The maximum Gasteiger partial charge on any atom is 0.255 e. The highest BCUT2D eigenvalue weighted by Crippen LogP contribution is 2.37. The Bertz CT molecular complexity index is 727. The molecule has 2 aromatic carbocycles. The second-order valence-corrected chi connectivity index (χ2v) is 5.85. The average Bonchev–Trinajstić information content (AvgIpc) is 2.54. The molecule has 0 aliphatic rings. The minimum absolute atomic E-state index is 0.322. The summed E-state index contributed by atoms with van der Waals surface area (Å²) in [7, 11) is 0. The fraction of sp³-hybridized carbons (Fsp3) is 0.278. The molecule has 2 rings (SSSR count). The molecule has 6 heteroatoms. The molecule has 0 saturated heterocycles. The fourth-order valence-electron chi connectivity index (χ4n) is 2.22. The van der Waals surface area contributed by atoms with E-state index >= 15 is 0 Å². The number of para-hydroxylation sites is 1. The van der Waals surface area contributed by atoms with Crippen molar-refractivity contribution in [3.8, 4) is 11.5 Å². The number of ether oxygens (including phenoxy) is 2. The molecule has 0 unspecified atom stereocenters. The van der Waals surface area contributed by atoms with Crippen LogP contribution in [0.25, 0.3) is 0 Å². The smallest absolute Gasteiger partial charge is 0.255 e. The Morgan fingerprint density at radius 2 is 1.79 bits per heavy atom. The summed E-state index contributed by atoms with van der Waals surface area (Å²) in [4.78, 5) is 12.6. The molecular formula is C18H19Cl2NO3. The van der Waals surface area contributed by atoms with Gasteiger partial charge in [-0.1, -0.05) is 35.3 Å². The highest BCUT2D eigenvalue weighted by Gasteiger charge is 2.17. The maximum absolute atomic E-state index is 12.6. The van der Waals surface area contributed by atoms with Crippen LogP contribution in [0.4, 0.5) is 5.69 Å². The zero-order valence-corrected chi connectivity index (χ0v) is 15.3. The summed E-state index contributed by atoms with van der Waals surface area (Å²) in [5.41, 5.74) is 1.82. The van der Waals surface area contributed by atoms with Gasteiger partial charge < -0.3 is 14.8 Å². The standard InChI is InChI=1S/C18H19Cl2NO3/c1-4-23-15-10-12(9-14(20)17(15)24-5-2)18(22)21-16-11(3)7-6-8-13(16)19/h6-10H,4-5H2,1-3H3,(H,21,22). The summed E-state index contributed by atoms with van der Waals surface area (Å²) in [5.74, 6) is 0.552. The zero-order chi connectivity index (χ0) is 17.7. The monoisotopic (exact) mass is 367 g/mol. The van der Waals surface area contributed by atoms with Gasteiger partial charge in [-0.05, 0) is 44.5 Å². The van der Waals surface area contributed by atoms with Gasteiger partial charge in [0.15, 0.2) is 11.5 Å². The molecule has 0 atom stereocenters. The Morgan fingerprint density at radius 3 is 2.42 bits per heavy atom. The predicted molar refractivity (Wildman–Crippen MR) is 97.9 cm³/mol. The van der Waals surface area contributed by atoms with Gasteiger partial charge in [0.2, 0.25) is 0 Å². The molecule has 0 bridgehead atoms. The van der Waals surface area contributed by atoms with E-state index in [0.717, 1.165) is 5.56 Å². The van der Waals surface area contributed by atoms with E-state index in [2.05, 4.69) is 5.32 Å². The summed E-state index contributed by atoms with van der Waals surface area (Å²) >= 11 is 12.4. The van der Waals surface area contributed by atoms with E-state index < -0.39 is 0 Å². The second-order valence-electron chi connectivity index (χ2n) is 5.04. The number of hydrogen-bond acceptors (Lipinski definition) is 3. The summed E-state index contributed by atoms with van der Waals surface area (Å²) in [6.07, 6.45) is 0. The largest absolute Gasteiger partial charge is 0.490 e. The van der Waals surface area contributed by atoms with Crippen LogP contribution in [0.5, 0.6) is 11.5 Å². The summed E-state index contributed by atoms with van der Waals surface area (Å²) in [5, 5.41) is 3.62. The SMILES string of the molecule is CCOc1cc(C(=O)Nc2c(C)cccc2Cl)cc(Cl)c1OCC. The van der Waals surface area contributed by atoms with Crippen molar-refractivity contribution in [1.29, 1.82) is 0 Å². The number of anilines is 1. The van der Waals surface area contributed by atoms with Gasteiger partial charge in [-0.2, -0.15) is 0 Å². The molecule has 2 aromatic rings. The number of carbonyl (C=O) groups excluding carboxylic acids is 1. The quantitative estimate of drug-likeness (QED) is 0.748. The summed E-state index contributed by atoms with van der Waals surface area (Å²) in [6.45, 7) is 6.46. The third-order valence-electron chi connectivity index (χ3n) is 3.32. The van der Waals surface area contributed by atoms with Crippen LogP contribution in [0.2, 0.25) is 10.0 Å². The molecule has 0 radical (unpaired) electrons. The minimum atomic E-state index is -0.322. The highest BCUT2D eigenvalue weighted by molar-refractivity contribution is 6.34. The van der Waals surface area contributed by atoms with E-state index in [1.54, 1.807) is 18.2 Å². The topological polar surface area (TPSA) is 47.6 Å². The number of halogens is 2. The van der Waals surface area contributed by atoms with Gasteiger partial charge in [0.25, 0.3) is 5.91 Å². The molecule has 24 heavy (non-hydrogen) atoms. The van der Waals surface area contributed by atoms with Gasteiger partial charge >= 0.3 is 0 Å². The first-order valence-corrected chi connectivity index (χ1v) is 8.39. The first-order chi connectivity index (χ1) is 11.5. The average molecular weight is 368 g/mol. The van der Waals surface area contributed by atoms with Crippen LogP contribution in [0.15, 0.2) is 30.3 Å². The van der Waals surface area contributed by atoms with Gasteiger partial charge in [-0.3, -0.25) is 4.79 Å². The molecule has 1 N–H and O–H groups in total. The molecule has 0 aliphatic carbocycles. The lowest BCUT2D eigenvalue weighted by Crippen LogP contribution is -2.14. The normalized spacial score (nSPS) is 10.4. The van der Waals surface area contributed by atoms with Crippen LogP contribution < -0.4 is 14.8 Å². The van der Waals surface area contributed by atoms with E-state index in [1.807, 2.05) is 32.9 Å². The van der Waals surface area contributed by atoms with Crippen LogP contribution in [0.1, 0.15) is 29.8 Å². The van der Waals surface area contributed by atoms with Gasteiger partial charge in [-0.25, -0.2) is 0 Å². The van der Waals surface area contributed by atoms with Crippen LogP contribution >= 0.6 is 23.2 Å². The number of amides is 1.